The van der Waals surface area contributed by atoms with Crippen molar-refractivity contribution in [1.82, 2.24) is 14.9 Å². The number of hydrogen-bond acceptors (Lipinski definition) is 4. The Kier molecular flexibility index (Phi) is 4.91. The number of H-pyrrole nitrogens is 1. The van der Waals surface area contributed by atoms with E-state index in [1.54, 1.807) is 0 Å². The summed E-state index contributed by atoms with van der Waals surface area (Å²) >= 11 is 5.97. The van der Waals surface area contributed by atoms with Gasteiger partial charge in [0.15, 0.2) is 0 Å². The van der Waals surface area contributed by atoms with Gasteiger partial charge in [-0.25, -0.2) is 13.4 Å². The fourth-order valence-corrected chi connectivity index (χ4v) is 3.00. The summed E-state index contributed by atoms with van der Waals surface area (Å²) in [5, 5.41) is 0.673. The average Bonchev–Trinajstić information content (AvgIpc) is 2.78. The van der Waals surface area contributed by atoms with Gasteiger partial charge in [0.25, 0.3) is 0 Å². The number of sulfone groups is 1. The van der Waals surface area contributed by atoms with Crippen LogP contribution in [0.3, 0.4) is 0 Å². The van der Waals surface area contributed by atoms with Crippen molar-refractivity contribution in [3.63, 3.8) is 0 Å². The zero-order valence-electron chi connectivity index (χ0n) is 12.4. The molecule has 2 rings (SSSR count). The van der Waals surface area contributed by atoms with Gasteiger partial charge < -0.3 is 4.98 Å². The van der Waals surface area contributed by atoms with E-state index in [1.807, 2.05) is 32.2 Å². The smallest absolute Gasteiger partial charge is 0.147 e. The van der Waals surface area contributed by atoms with Gasteiger partial charge in [0.1, 0.15) is 15.7 Å². The lowest BCUT2D eigenvalue weighted by Crippen LogP contribution is -2.25. The first-order valence-electron chi connectivity index (χ1n) is 6.79. The molecule has 116 valence electrons. The van der Waals surface area contributed by atoms with Gasteiger partial charge in [-0.15, -0.1) is 0 Å². The minimum Gasteiger partial charge on any atom is -0.341 e. The van der Waals surface area contributed by atoms with Crippen LogP contribution in [0.5, 0.6) is 0 Å². The fraction of sp³-hybridized carbons (Fsp3) is 0.500. The molecule has 2 aromatic rings. The number of rotatable bonds is 6. The SMILES string of the molecule is CC(c1nc2ccc(Cl)cc2[nH]1)N(C)CCCS(C)(=O)=O. The zero-order valence-corrected chi connectivity index (χ0v) is 14.0. The summed E-state index contributed by atoms with van der Waals surface area (Å²) in [6.45, 7) is 2.74. The summed E-state index contributed by atoms with van der Waals surface area (Å²) in [6.07, 6.45) is 1.88. The second-order valence-electron chi connectivity index (χ2n) is 5.42. The number of fused-ring (bicyclic) bond motifs is 1. The molecule has 7 heteroatoms. The summed E-state index contributed by atoms with van der Waals surface area (Å²) in [5.41, 5.74) is 1.79. The van der Waals surface area contributed by atoms with E-state index in [1.165, 1.54) is 6.26 Å². The van der Waals surface area contributed by atoms with Crippen molar-refractivity contribution in [1.29, 1.82) is 0 Å². The summed E-state index contributed by atoms with van der Waals surface area (Å²) in [5.74, 6) is 1.06. The standard InChI is InChI=1S/C14H20ClN3O2S/c1-10(18(2)7-4-8-21(3,19)20)14-16-12-6-5-11(15)9-13(12)17-14/h5-6,9-10H,4,7-8H2,1-3H3,(H,16,17). The van der Waals surface area contributed by atoms with Gasteiger partial charge in [0.2, 0.25) is 0 Å². The largest absolute Gasteiger partial charge is 0.341 e. The summed E-state index contributed by atoms with van der Waals surface area (Å²) < 4.78 is 22.3. The van der Waals surface area contributed by atoms with E-state index in [9.17, 15) is 8.42 Å². The number of aromatic nitrogens is 2. The maximum absolute atomic E-state index is 11.2. The minimum absolute atomic E-state index is 0.0794. The van der Waals surface area contributed by atoms with E-state index < -0.39 is 9.84 Å². The minimum atomic E-state index is -2.90. The molecule has 0 saturated heterocycles. The molecule has 0 aliphatic heterocycles. The Bertz CT molecular complexity index is 727. The van der Waals surface area contributed by atoms with Crippen LogP contribution in [-0.4, -0.2) is 48.9 Å². The Morgan fingerprint density at radius 2 is 2.14 bits per heavy atom. The Morgan fingerprint density at radius 1 is 1.43 bits per heavy atom. The van der Waals surface area contributed by atoms with Crippen LogP contribution in [0.1, 0.15) is 25.2 Å². The van der Waals surface area contributed by atoms with Crippen LogP contribution in [0.15, 0.2) is 18.2 Å². The highest BCUT2D eigenvalue weighted by Crippen LogP contribution is 2.22. The van der Waals surface area contributed by atoms with E-state index in [2.05, 4.69) is 14.9 Å². The Labute approximate surface area is 130 Å². The Hall–Kier alpha value is -1.11. The van der Waals surface area contributed by atoms with Crippen LogP contribution in [0, 0.1) is 0 Å². The predicted octanol–water partition coefficient (Wildman–Crippen LogP) is 2.64. The highest BCUT2D eigenvalue weighted by molar-refractivity contribution is 7.90. The van der Waals surface area contributed by atoms with Crippen molar-refractivity contribution < 1.29 is 8.42 Å². The molecule has 0 amide bonds. The van der Waals surface area contributed by atoms with Gasteiger partial charge in [0, 0.05) is 11.3 Å². The number of aromatic amines is 1. The first-order valence-corrected chi connectivity index (χ1v) is 9.23. The van der Waals surface area contributed by atoms with E-state index >= 15 is 0 Å². The van der Waals surface area contributed by atoms with E-state index in [-0.39, 0.29) is 11.8 Å². The van der Waals surface area contributed by atoms with Crippen molar-refractivity contribution >= 4 is 32.5 Å². The monoisotopic (exact) mass is 329 g/mol. The van der Waals surface area contributed by atoms with Gasteiger partial charge in [-0.05, 0) is 45.1 Å². The molecule has 5 nitrogen and oxygen atoms in total. The molecule has 1 heterocycles. The third-order valence-electron chi connectivity index (χ3n) is 3.55. The number of nitrogens with one attached hydrogen (secondary N) is 1. The highest BCUT2D eigenvalue weighted by Gasteiger charge is 2.16. The Balaban J connectivity index is 2.05. The highest BCUT2D eigenvalue weighted by atomic mass is 35.5. The lowest BCUT2D eigenvalue weighted by atomic mass is 10.2. The van der Waals surface area contributed by atoms with Crippen LogP contribution in [0.4, 0.5) is 0 Å². The van der Waals surface area contributed by atoms with Crippen LogP contribution in [0.25, 0.3) is 11.0 Å². The number of benzene rings is 1. The van der Waals surface area contributed by atoms with Gasteiger partial charge in [0.05, 0.1) is 22.8 Å². The van der Waals surface area contributed by atoms with Gasteiger partial charge >= 0.3 is 0 Å². The lowest BCUT2D eigenvalue weighted by molar-refractivity contribution is 0.254. The second-order valence-corrected chi connectivity index (χ2v) is 8.12. The van der Waals surface area contributed by atoms with Gasteiger partial charge in [-0.1, -0.05) is 11.6 Å². The van der Waals surface area contributed by atoms with E-state index in [0.717, 1.165) is 16.9 Å². The first-order chi connectivity index (χ1) is 9.76. The molecular weight excluding hydrogens is 310 g/mol. The van der Waals surface area contributed by atoms with E-state index in [4.69, 9.17) is 11.6 Å². The molecule has 0 fully saturated rings. The van der Waals surface area contributed by atoms with Crippen molar-refractivity contribution in [2.24, 2.45) is 0 Å². The Morgan fingerprint density at radius 3 is 2.81 bits per heavy atom. The summed E-state index contributed by atoms with van der Waals surface area (Å²) in [7, 11) is -0.935. The number of halogens is 1. The lowest BCUT2D eigenvalue weighted by Gasteiger charge is -2.22. The molecule has 1 N–H and O–H groups in total. The molecular formula is C14H20ClN3O2S. The van der Waals surface area contributed by atoms with Crippen molar-refractivity contribution in [2.75, 3.05) is 25.6 Å². The predicted molar refractivity (Wildman–Crippen MR) is 86.5 cm³/mol. The molecule has 1 unspecified atom stereocenters. The molecule has 1 aromatic heterocycles. The summed E-state index contributed by atoms with van der Waals surface area (Å²) in [4.78, 5) is 9.91. The van der Waals surface area contributed by atoms with Crippen LogP contribution >= 0.6 is 11.6 Å². The maximum atomic E-state index is 11.2. The first kappa shape index (κ1) is 16.3. The molecule has 1 aromatic carbocycles. The average molecular weight is 330 g/mol. The zero-order chi connectivity index (χ0) is 15.6. The molecule has 0 aliphatic carbocycles. The molecule has 0 aliphatic rings. The van der Waals surface area contributed by atoms with Crippen LogP contribution in [0.2, 0.25) is 5.02 Å². The maximum Gasteiger partial charge on any atom is 0.147 e. The fourth-order valence-electron chi connectivity index (χ4n) is 2.18. The third kappa shape index (κ3) is 4.43. The molecule has 0 bridgehead atoms. The van der Waals surface area contributed by atoms with Gasteiger partial charge in [-0.3, -0.25) is 4.90 Å². The molecule has 21 heavy (non-hydrogen) atoms. The quantitative estimate of drug-likeness (QED) is 0.884. The number of hydrogen-bond donors (Lipinski definition) is 1. The molecule has 1 atom stereocenters. The van der Waals surface area contributed by atoms with Crippen molar-refractivity contribution in [3.8, 4) is 0 Å². The second kappa shape index (κ2) is 6.34. The third-order valence-corrected chi connectivity index (χ3v) is 4.81. The molecule has 0 saturated carbocycles. The van der Waals surface area contributed by atoms with Crippen LogP contribution < -0.4 is 0 Å². The van der Waals surface area contributed by atoms with Crippen molar-refractivity contribution in [2.45, 2.75) is 19.4 Å². The van der Waals surface area contributed by atoms with Crippen molar-refractivity contribution in [3.05, 3.63) is 29.0 Å². The molecule has 0 spiro atoms. The topological polar surface area (TPSA) is 66.1 Å². The number of nitrogens with zero attached hydrogens (tertiary/aromatic N) is 2. The molecule has 0 radical (unpaired) electrons. The van der Waals surface area contributed by atoms with Gasteiger partial charge in [-0.2, -0.15) is 0 Å². The summed E-state index contributed by atoms with van der Waals surface area (Å²) in [6, 6.07) is 5.63. The van der Waals surface area contributed by atoms with Crippen LogP contribution in [-0.2, 0) is 9.84 Å². The van der Waals surface area contributed by atoms with E-state index in [0.29, 0.717) is 18.0 Å². The number of imidazole rings is 1. The normalized spacial score (nSPS) is 14.0.